The monoisotopic (exact) mass is 299 g/mol. The largest absolute Gasteiger partial charge is 0.393 e. The van der Waals surface area contributed by atoms with Crippen LogP contribution in [0, 0.1) is 11.8 Å². The maximum atomic E-state index is 10.4. The lowest BCUT2D eigenvalue weighted by molar-refractivity contribution is -0.288. The highest BCUT2D eigenvalue weighted by Gasteiger charge is 2.55. The highest BCUT2D eigenvalue weighted by Crippen LogP contribution is 2.47. The Balaban J connectivity index is 1.88. The molecular weight excluding hydrogens is 270 g/mol. The Kier molecular flexibility index (Phi) is 4.08. The summed E-state index contributed by atoms with van der Waals surface area (Å²) in [4.78, 5) is 2.32. The van der Waals surface area contributed by atoms with E-state index >= 15 is 0 Å². The van der Waals surface area contributed by atoms with Crippen LogP contribution in [0.5, 0.6) is 0 Å². The molecular formula is C16H29NO4. The molecule has 1 saturated carbocycles. The van der Waals surface area contributed by atoms with Crippen LogP contribution in [-0.4, -0.2) is 65.5 Å². The molecule has 7 atom stereocenters. The van der Waals surface area contributed by atoms with E-state index in [4.69, 9.17) is 9.47 Å². The third-order valence-electron chi connectivity index (χ3n) is 5.96. The highest BCUT2D eigenvalue weighted by molar-refractivity contribution is 5.03. The number of hydrogen-bond donors (Lipinski definition) is 2. The number of methoxy groups -OCH3 is 1. The molecule has 2 heterocycles. The molecule has 5 nitrogen and oxygen atoms in total. The Morgan fingerprint density at radius 3 is 2.52 bits per heavy atom. The van der Waals surface area contributed by atoms with Crippen molar-refractivity contribution >= 4 is 0 Å². The number of likely N-dealkylation sites (tertiary alicyclic amines) is 1. The van der Waals surface area contributed by atoms with Gasteiger partial charge in [-0.1, -0.05) is 0 Å². The van der Waals surface area contributed by atoms with Crippen molar-refractivity contribution in [3.05, 3.63) is 0 Å². The lowest BCUT2D eigenvalue weighted by Crippen LogP contribution is -2.68. The van der Waals surface area contributed by atoms with Gasteiger partial charge in [0.2, 0.25) is 0 Å². The first-order chi connectivity index (χ1) is 9.85. The van der Waals surface area contributed by atoms with Gasteiger partial charge >= 0.3 is 0 Å². The normalized spacial score (nSPS) is 50.3. The minimum atomic E-state index is -0.519. The van der Waals surface area contributed by atoms with E-state index < -0.39 is 11.7 Å². The SMILES string of the molecule is COC1C2CC(O)CCC2N(C)C2OC(C)(C)[C@@H](O)CC12. The molecule has 0 spiro atoms. The van der Waals surface area contributed by atoms with E-state index in [1.165, 1.54) is 0 Å². The minimum Gasteiger partial charge on any atom is -0.393 e. The molecule has 3 aliphatic rings. The maximum Gasteiger partial charge on any atom is 0.116 e. The van der Waals surface area contributed by atoms with Crippen LogP contribution in [0.1, 0.15) is 39.5 Å². The lowest BCUT2D eigenvalue weighted by Gasteiger charge is -2.58. The number of rotatable bonds is 1. The average Bonchev–Trinajstić information content (AvgIpc) is 2.42. The summed E-state index contributed by atoms with van der Waals surface area (Å²) in [6.45, 7) is 3.92. The zero-order chi connectivity index (χ0) is 15.4. The Hall–Kier alpha value is -0.200. The molecule has 3 fully saturated rings. The van der Waals surface area contributed by atoms with Crippen molar-refractivity contribution in [2.45, 2.75) is 75.7 Å². The summed E-state index contributed by atoms with van der Waals surface area (Å²) < 4.78 is 12.1. The number of fused-ring (bicyclic) bond motifs is 2. The molecule has 0 aromatic carbocycles. The fourth-order valence-corrected chi connectivity index (χ4v) is 4.70. The molecule has 2 saturated heterocycles. The van der Waals surface area contributed by atoms with Crippen LogP contribution >= 0.6 is 0 Å². The first kappa shape index (κ1) is 15.7. The Morgan fingerprint density at radius 1 is 1.14 bits per heavy atom. The smallest absolute Gasteiger partial charge is 0.116 e. The quantitative estimate of drug-likeness (QED) is 0.756. The summed E-state index contributed by atoms with van der Waals surface area (Å²) in [7, 11) is 3.86. The van der Waals surface area contributed by atoms with Gasteiger partial charge in [-0.2, -0.15) is 0 Å². The van der Waals surface area contributed by atoms with Crippen LogP contribution in [0.2, 0.25) is 0 Å². The van der Waals surface area contributed by atoms with E-state index in [2.05, 4.69) is 11.9 Å². The molecule has 0 bridgehead atoms. The van der Waals surface area contributed by atoms with Gasteiger partial charge in [-0.25, -0.2) is 0 Å². The van der Waals surface area contributed by atoms with E-state index in [1.807, 2.05) is 13.8 Å². The molecule has 2 aliphatic heterocycles. The molecule has 0 aromatic heterocycles. The van der Waals surface area contributed by atoms with Gasteiger partial charge < -0.3 is 19.7 Å². The summed E-state index contributed by atoms with van der Waals surface area (Å²) in [5, 5.41) is 20.4. The predicted octanol–water partition coefficient (Wildman–Crippen LogP) is 0.978. The zero-order valence-corrected chi connectivity index (χ0v) is 13.5. The summed E-state index contributed by atoms with van der Waals surface area (Å²) in [5.74, 6) is 0.483. The minimum absolute atomic E-state index is 0.00940. The standard InChI is InChI=1S/C16H29NO4/c1-16(2)13(19)8-11-14(20-4)10-7-9(18)5-6-12(10)17(3)15(11)21-16/h9-15,18-19H,5-8H2,1-4H3/t9?,10?,11?,12?,13-,14?,15?/m0/s1. The highest BCUT2D eigenvalue weighted by atomic mass is 16.5. The van der Waals surface area contributed by atoms with Crippen molar-refractivity contribution in [2.75, 3.05) is 14.2 Å². The average molecular weight is 299 g/mol. The summed E-state index contributed by atoms with van der Waals surface area (Å²) in [5.41, 5.74) is -0.519. The van der Waals surface area contributed by atoms with Crippen molar-refractivity contribution in [1.29, 1.82) is 0 Å². The molecule has 5 heteroatoms. The topological polar surface area (TPSA) is 62.2 Å². The van der Waals surface area contributed by atoms with Crippen LogP contribution in [-0.2, 0) is 9.47 Å². The molecule has 21 heavy (non-hydrogen) atoms. The van der Waals surface area contributed by atoms with Gasteiger partial charge in [0.25, 0.3) is 0 Å². The number of piperidine rings is 1. The first-order valence-electron chi connectivity index (χ1n) is 8.14. The second-order valence-corrected chi connectivity index (χ2v) is 7.59. The molecule has 122 valence electrons. The molecule has 6 unspecified atom stereocenters. The van der Waals surface area contributed by atoms with Crippen molar-refractivity contribution in [3.63, 3.8) is 0 Å². The Labute approximate surface area is 127 Å². The van der Waals surface area contributed by atoms with Crippen LogP contribution < -0.4 is 0 Å². The number of hydrogen-bond acceptors (Lipinski definition) is 5. The third kappa shape index (κ3) is 2.53. The third-order valence-corrected chi connectivity index (χ3v) is 5.96. The van der Waals surface area contributed by atoms with Crippen molar-refractivity contribution in [2.24, 2.45) is 11.8 Å². The fraction of sp³-hybridized carbons (Fsp3) is 1.00. The summed E-state index contributed by atoms with van der Waals surface area (Å²) in [6.07, 6.45) is 2.66. The van der Waals surface area contributed by atoms with E-state index in [9.17, 15) is 10.2 Å². The number of aliphatic hydroxyl groups excluding tert-OH is 2. The molecule has 3 rings (SSSR count). The molecule has 1 aliphatic carbocycles. The summed E-state index contributed by atoms with van der Waals surface area (Å²) in [6, 6.07) is 0.394. The van der Waals surface area contributed by atoms with Crippen LogP contribution in [0.25, 0.3) is 0 Å². The second-order valence-electron chi connectivity index (χ2n) is 7.59. The van der Waals surface area contributed by atoms with E-state index in [0.717, 1.165) is 19.3 Å². The van der Waals surface area contributed by atoms with Gasteiger partial charge in [-0.05, 0) is 46.6 Å². The molecule has 0 radical (unpaired) electrons. The van der Waals surface area contributed by atoms with Gasteiger partial charge in [-0.15, -0.1) is 0 Å². The number of ether oxygens (including phenoxy) is 2. The molecule has 2 N–H and O–H groups in total. The van der Waals surface area contributed by atoms with Gasteiger partial charge in [0, 0.05) is 25.0 Å². The second kappa shape index (κ2) is 5.46. The van der Waals surface area contributed by atoms with Gasteiger partial charge in [0.1, 0.15) is 6.23 Å². The van der Waals surface area contributed by atoms with Crippen molar-refractivity contribution < 1.29 is 19.7 Å². The fourth-order valence-electron chi connectivity index (χ4n) is 4.70. The van der Waals surface area contributed by atoms with Crippen molar-refractivity contribution in [1.82, 2.24) is 4.90 Å². The van der Waals surface area contributed by atoms with E-state index in [-0.39, 0.29) is 24.4 Å². The first-order valence-corrected chi connectivity index (χ1v) is 8.14. The van der Waals surface area contributed by atoms with Gasteiger partial charge in [0.05, 0.1) is 23.9 Å². The lowest BCUT2D eigenvalue weighted by atomic mass is 9.68. The summed E-state index contributed by atoms with van der Waals surface area (Å²) >= 11 is 0. The van der Waals surface area contributed by atoms with Gasteiger partial charge in [0.15, 0.2) is 0 Å². The Bertz CT molecular complexity index is 388. The zero-order valence-electron chi connectivity index (χ0n) is 13.5. The van der Waals surface area contributed by atoms with Crippen molar-refractivity contribution in [3.8, 4) is 0 Å². The number of nitrogens with zero attached hydrogens (tertiary/aromatic N) is 1. The van der Waals surface area contributed by atoms with Crippen LogP contribution in [0.3, 0.4) is 0 Å². The maximum absolute atomic E-state index is 10.4. The van der Waals surface area contributed by atoms with Gasteiger partial charge in [-0.3, -0.25) is 4.90 Å². The predicted molar refractivity (Wildman–Crippen MR) is 78.8 cm³/mol. The molecule has 0 amide bonds. The Morgan fingerprint density at radius 2 is 1.86 bits per heavy atom. The number of aliphatic hydroxyl groups is 2. The van der Waals surface area contributed by atoms with E-state index in [0.29, 0.717) is 18.4 Å². The van der Waals surface area contributed by atoms with Crippen LogP contribution in [0.15, 0.2) is 0 Å². The van der Waals surface area contributed by atoms with E-state index in [1.54, 1.807) is 7.11 Å². The molecule has 0 aromatic rings. The van der Waals surface area contributed by atoms with Crippen LogP contribution in [0.4, 0.5) is 0 Å².